The fourth-order valence-corrected chi connectivity index (χ4v) is 6.34. The van der Waals surface area contributed by atoms with Crippen LogP contribution in [0.3, 0.4) is 0 Å². The van der Waals surface area contributed by atoms with Gasteiger partial charge in [0.05, 0.1) is 22.8 Å². The first-order valence-corrected chi connectivity index (χ1v) is 17.3. The molecule has 1 atom stereocenters. The van der Waals surface area contributed by atoms with Gasteiger partial charge in [0.25, 0.3) is 5.56 Å². The normalized spacial score (nSPS) is 13.0. The molecule has 0 bridgehead atoms. The smallest absolute Gasteiger partial charge is 0.255 e. The molecule has 0 amide bonds. The van der Waals surface area contributed by atoms with Crippen LogP contribution in [0.5, 0.6) is 0 Å². The molecule has 4 aromatic carbocycles. The molecular formula is C42H47F2N3O. The first-order valence-electron chi connectivity index (χ1n) is 17.3. The molecule has 1 unspecified atom stereocenters. The van der Waals surface area contributed by atoms with Crippen LogP contribution in [0.1, 0.15) is 98.7 Å². The summed E-state index contributed by atoms with van der Waals surface area (Å²) in [6.07, 6.45) is 4.98. The molecule has 6 aromatic rings. The molecule has 2 aromatic heterocycles. The number of unbranched alkanes of at least 4 members (excludes halogenated alkanes) is 1. The Morgan fingerprint density at radius 2 is 1.54 bits per heavy atom. The monoisotopic (exact) mass is 647 g/mol. The van der Waals surface area contributed by atoms with Gasteiger partial charge in [0.2, 0.25) is 0 Å². The van der Waals surface area contributed by atoms with Gasteiger partial charge in [0.1, 0.15) is 0 Å². The van der Waals surface area contributed by atoms with Crippen molar-refractivity contribution in [1.29, 1.82) is 0 Å². The van der Waals surface area contributed by atoms with E-state index in [0.717, 1.165) is 50.4 Å². The van der Waals surface area contributed by atoms with Crippen molar-refractivity contribution in [3.63, 3.8) is 0 Å². The van der Waals surface area contributed by atoms with Crippen LogP contribution in [0.2, 0.25) is 0 Å². The lowest BCUT2D eigenvalue weighted by atomic mass is 9.84. The zero-order chi connectivity index (χ0) is 34.4. The molecule has 1 fully saturated rings. The van der Waals surface area contributed by atoms with Gasteiger partial charge < -0.3 is 14.9 Å². The fraction of sp³-hybridized carbons (Fsp3) is 0.310. The van der Waals surface area contributed by atoms with Crippen molar-refractivity contribution in [2.24, 2.45) is 7.05 Å². The van der Waals surface area contributed by atoms with Crippen molar-refractivity contribution >= 4 is 27.5 Å². The lowest BCUT2D eigenvalue weighted by molar-refractivity contribution is 0.500. The van der Waals surface area contributed by atoms with E-state index in [9.17, 15) is 13.6 Å². The number of aromatic nitrogens is 2. The van der Waals surface area contributed by atoms with Crippen LogP contribution >= 0.6 is 0 Å². The molecule has 48 heavy (non-hydrogen) atoms. The summed E-state index contributed by atoms with van der Waals surface area (Å²) in [5.74, 6) is -1.63. The first kappa shape index (κ1) is 34.6. The predicted octanol–water partition coefficient (Wildman–Crippen LogP) is 11.1. The molecule has 1 aliphatic rings. The lowest BCUT2D eigenvalue weighted by Gasteiger charge is -2.24. The SMILES string of the molecule is CC.CCCC.Cc1c(C(c2cccc(C3CC3)c2)c2[nH]c3ccccc3c2NCc2cccc(F)c2F)c(=O)n(C)c2ccccc12. The highest BCUT2D eigenvalue weighted by Gasteiger charge is 2.31. The number of hydrogen-bond donors (Lipinski definition) is 2. The van der Waals surface area contributed by atoms with Crippen molar-refractivity contribution in [3.8, 4) is 0 Å². The molecule has 0 spiro atoms. The highest BCUT2D eigenvalue weighted by atomic mass is 19.2. The van der Waals surface area contributed by atoms with Gasteiger partial charge in [-0.25, -0.2) is 8.78 Å². The summed E-state index contributed by atoms with van der Waals surface area (Å²) < 4.78 is 30.5. The number of fused-ring (bicyclic) bond motifs is 2. The second-order valence-electron chi connectivity index (χ2n) is 12.3. The second-order valence-corrected chi connectivity index (χ2v) is 12.3. The molecule has 2 N–H and O–H groups in total. The lowest BCUT2D eigenvalue weighted by Crippen LogP contribution is -2.27. The Labute approximate surface area is 282 Å². The van der Waals surface area contributed by atoms with E-state index < -0.39 is 17.6 Å². The van der Waals surface area contributed by atoms with Crippen molar-refractivity contribution in [3.05, 3.63) is 146 Å². The third kappa shape index (κ3) is 6.94. The topological polar surface area (TPSA) is 49.8 Å². The maximum atomic E-state index is 14.7. The zero-order valence-corrected chi connectivity index (χ0v) is 29.0. The van der Waals surface area contributed by atoms with Crippen LogP contribution in [-0.4, -0.2) is 9.55 Å². The third-order valence-electron chi connectivity index (χ3n) is 9.20. The van der Waals surface area contributed by atoms with Gasteiger partial charge in [-0.1, -0.05) is 113 Å². The summed E-state index contributed by atoms with van der Waals surface area (Å²) in [4.78, 5) is 17.9. The number of para-hydroxylation sites is 2. The number of anilines is 1. The van der Waals surface area contributed by atoms with Crippen molar-refractivity contribution in [2.75, 3.05) is 5.32 Å². The van der Waals surface area contributed by atoms with E-state index in [4.69, 9.17) is 0 Å². The van der Waals surface area contributed by atoms with E-state index in [1.54, 1.807) is 10.6 Å². The van der Waals surface area contributed by atoms with Crippen molar-refractivity contribution in [2.45, 2.75) is 78.7 Å². The Morgan fingerprint density at radius 1 is 0.875 bits per heavy atom. The molecule has 1 aliphatic carbocycles. The largest absolute Gasteiger partial charge is 0.379 e. The number of aromatic amines is 1. The Kier molecular flexibility index (Phi) is 11.2. The minimum absolute atomic E-state index is 0.0613. The quantitative estimate of drug-likeness (QED) is 0.173. The minimum Gasteiger partial charge on any atom is -0.379 e. The highest BCUT2D eigenvalue weighted by Crippen LogP contribution is 2.44. The van der Waals surface area contributed by atoms with Gasteiger partial charge in [-0.15, -0.1) is 0 Å². The predicted molar refractivity (Wildman–Crippen MR) is 197 cm³/mol. The molecule has 0 radical (unpaired) electrons. The summed E-state index contributed by atoms with van der Waals surface area (Å²) >= 11 is 0. The van der Waals surface area contributed by atoms with Crippen molar-refractivity contribution < 1.29 is 8.78 Å². The van der Waals surface area contributed by atoms with Crippen LogP contribution < -0.4 is 10.9 Å². The number of nitrogens with one attached hydrogen (secondary N) is 2. The number of aryl methyl sites for hydroxylation is 2. The number of pyridine rings is 1. The van der Waals surface area contributed by atoms with Gasteiger partial charge in [0, 0.05) is 41.0 Å². The van der Waals surface area contributed by atoms with Crippen LogP contribution in [-0.2, 0) is 13.6 Å². The Hall–Kier alpha value is -4.71. The summed E-state index contributed by atoms with van der Waals surface area (Å²) in [6, 6.07) is 28.7. The average molecular weight is 648 g/mol. The molecule has 7 rings (SSSR count). The number of halogens is 2. The van der Waals surface area contributed by atoms with E-state index in [2.05, 4.69) is 54.5 Å². The molecule has 1 saturated carbocycles. The summed E-state index contributed by atoms with van der Waals surface area (Å²) in [5, 5.41) is 5.37. The van der Waals surface area contributed by atoms with Crippen LogP contribution in [0.4, 0.5) is 14.5 Å². The molecule has 2 heterocycles. The Bertz CT molecular complexity index is 2070. The van der Waals surface area contributed by atoms with Gasteiger partial charge >= 0.3 is 0 Å². The van der Waals surface area contributed by atoms with Gasteiger partial charge in [-0.05, 0) is 60.6 Å². The van der Waals surface area contributed by atoms with Gasteiger partial charge in [-0.3, -0.25) is 4.79 Å². The molecular weight excluding hydrogens is 600 g/mol. The Balaban J connectivity index is 0.000000701. The van der Waals surface area contributed by atoms with E-state index in [-0.39, 0.29) is 17.7 Å². The first-order chi connectivity index (χ1) is 23.3. The minimum atomic E-state index is -0.876. The van der Waals surface area contributed by atoms with E-state index in [1.165, 1.54) is 37.3 Å². The van der Waals surface area contributed by atoms with E-state index >= 15 is 0 Å². The maximum Gasteiger partial charge on any atom is 0.255 e. The molecule has 0 aliphatic heterocycles. The van der Waals surface area contributed by atoms with E-state index in [1.807, 2.05) is 70.3 Å². The van der Waals surface area contributed by atoms with Crippen LogP contribution in [0.15, 0.2) is 95.8 Å². The van der Waals surface area contributed by atoms with E-state index in [0.29, 0.717) is 11.5 Å². The van der Waals surface area contributed by atoms with Crippen LogP contribution in [0.25, 0.3) is 21.8 Å². The number of hydrogen-bond acceptors (Lipinski definition) is 2. The Morgan fingerprint density at radius 3 is 2.25 bits per heavy atom. The standard InChI is InChI=1S/C36H31F2N3O.C4H10.C2H6/c1-21-26-12-4-6-16-30(26)41(2)36(42)31(21)32(24-10-7-9-23(19-24)22-17-18-22)35-34(27-13-3-5-15-29(27)40-35)39-20-25-11-8-14-28(37)33(25)38;1-3-4-2;1-2/h3-16,19,22,32,39-40H,17-18,20H2,1-2H3;3-4H2,1-2H3;1-2H3. The highest BCUT2D eigenvalue weighted by molar-refractivity contribution is 5.95. The third-order valence-corrected chi connectivity index (χ3v) is 9.20. The maximum absolute atomic E-state index is 14.7. The number of rotatable bonds is 8. The number of nitrogens with zero attached hydrogens (tertiary/aromatic N) is 1. The molecule has 0 saturated heterocycles. The van der Waals surface area contributed by atoms with Gasteiger partial charge in [-0.2, -0.15) is 0 Å². The fourth-order valence-electron chi connectivity index (χ4n) is 6.34. The summed E-state index contributed by atoms with van der Waals surface area (Å²) in [7, 11) is 1.82. The average Bonchev–Trinajstić information content (AvgIpc) is 3.92. The van der Waals surface area contributed by atoms with Crippen LogP contribution in [0, 0.1) is 18.6 Å². The second kappa shape index (κ2) is 15.5. The molecule has 6 heteroatoms. The van der Waals surface area contributed by atoms with Gasteiger partial charge in [0.15, 0.2) is 11.6 Å². The summed E-state index contributed by atoms with van der Waals surface area (Å²) in [5.41, 5.74) is 7.44. The number of H-pyrrole nitrogens is 1. The molecule has 4 nitrogen and oxygen atoms in total. The van der Waals surface area contributed by atoms with Crippen molar-refractivity contribution in [1.82, 2.24) is 9.55 Å². The summed E-state index contributed by atoms with van der Waals surface area (Å²) in [6.45, 7) is 10.5. The molecule has 250 valence electrons. The zero-order valence-electron chi connectivity index (χ0n) is 29.0. The number of benzene rings is 4.